The molecule has 0 saturated heterocycles. The van der Waals surface area contributed by atoms with Crippen LogP contribution < -0.4 is 5.32 Å². The van der Waals surface area contributed by atoms with Crippen LogP contribution in [0.4, 0.5) is 0 Å². The molecule has 0 spiro atoms. The van der Waals surface area contributed by atoms with Crippen LogP contribution in [0, 0.1) is 12.8 Å². The monoisotopic (exact) mass is 225 g/mol. The second kappa shape index (κ2) is 5.53. The molecule has 15 heavy (non-hydrogen) atoms. The zero-order valence-electron chi connectivity index (χ0n) is 9.97. The van der Waals surface area contributed by atoms with Gasteiger partial charge in [0.25, 0.3) is 0 Å². The minimum Gasteiger partial charge on any atom is -0.310 e. The summed E-state index contributed by atoms with van der Waals surface area (Å²) in [5.41, 5.74) is 2.44. The average molecular weight is 226 g/mol. The van der Waals surface area contributed by atoms with Crippen LogP contribution in [0.25, 0.3) is 0 Å². The van der Waals surface area contributed by atoms with E-state index in [1.807, 2.05) is 13.0 Å². The van der Waals surface area contributed by atoms with Crippen molar-refractivity contribution in [2.24, 2.45) is 5.92 Å². The molecule has 1 aromatic rings. The van der Waals surface area contributed by atoms with Gasteiger partial charge >= 0.3 is 0 Å². The highest BCUT2D eigenvalue weighted by atomic mass is 35.5. The molecule has 2 heteroatoms. The van der Waals surface area contributed by atoms with E-state index in [4.69, 9.17) is 11.6 Å². The van der Waals surface area contributed by atoms with Gasteiger partial charge < -0.3 is 5.32 Å². The number of hydrogen-bond acceptors (Lipinski definition) is 1. The summed E-state index contributed by atoms with van der Waals surface area (Å²) in [5, 5.41) is 4.35. The predicted molar refractivity (Wildman–Crippen MR) is 67.3 cm³/mol. The Morgan fingerprint density at radius 2 is 1.93 bits per heavy atom. The van der Waals surface area contributed by atoms with Crippen LogP contribution in [-0.2, 0) is 6.54 Å². The number of hydrogen-bond donors (Lipinski definition) is 1. The molecule has 0 bridgehead atoms. The van der Waals surface area contributed by atoms with Crippen LogP contribution in [-0.4, -0.2) is 6.04 Å². The second-order valence-electron chi connectivity index (χ2n) is 4.50. The van der Waals surface area contributed by atoms with Crippen molar-refractivity contribution in [3.63, 3.8) is 0 Å². The minimum absolute atomic E-state index is 0.543. The number of rotatable bonds is 4. The van der Waals surface area contributed by atoms with Gasteiger partial charge in [-0.25, -0.2) is 0 Å². The van der Waals surface area contributed by atoms with E-state index in [9.17, 15) is 0 Å². The lowest BCUT2D eigenvalue weighted by Gasteiger charge is -2.17. The first-order valence-electron chi connectivity index (χ1n) is 5.49. The van der Waals surface area contributed by atoms with Gasteiger partial charge in [0.2, 0.25) is 0 Å². The van der Waals surface area contributed by atoms with Gasteiger partial charge in [-0.1, -0.05) is 37.6 Å². The fourth-order valence-corrected chi connectivity index (χ4v) is 1.45. The molecule has 0 aliphatic rings. The third-order valence-electron chi connectivity index (χ3n) is 2.85. The van der Waals surface area contributed by atoms with Crippen LogP contribution in [0.1, 0.15) is 31.9 Å². The Bertz CT molecular complexity index is 320. The predicted octanol–water partition coefficient (Wildman–Crippen LogP) is 3.78. The van der Waals surface area contributed by atoms with E-state index < -0.39 is 0 Å². The molecule has 0 radical (unpaired) electrons. The molecule has 1 nitrogen and oxygen atoms in total. The molecule has 0 aliphatic carbocycles. The highest BCUT2D eigenvalue weighted by Crippen LogP contribution is 2.16. The number of benzene rings is 1. The molecular weight excluding hydrogens is 206 g/mol. The van der Waals surface area contributed by atoms with Crippen molar-refractivity contribution in [2.75, 3.05) is 0 Å². The molecule has 0 saturated carbocycles. The molecule has 1 atom stereocenters. The number of aryl methyl sites for hydroxylation is 1. The Hall–Kier alpha value is -0.530. The van der Waals surface area contributed by atoms with E-state index in [1.165, 1.54) is 5.56 Å². The van der Waals surface area contributed by atoms with E-state index in [0.29, 0.717) is 12.0 Å². The van der Waals surface area contributed by atoms with Crippen LogP contribution in [0.3, 0.4) is 0 Å². The number of nitrogens with one attached hydrogen (secondary N) is 1. The smallest absolute Gasteiger partial charge is 0.0435 e. The summed E-state index contributed by atoms with van der Waals surface area (Å²) in [6, 6.07) is 6.73. The minimum atomic E-state index is 0.543. The van der Waals surface area contributed by atoms with Gasteiger partial charge in [0.15, 0.2) is 0 Å². The molecule has 1 aromatic carbocycles. The largest absolute Gasteiger partial charge is 0.310 e. The molecule has 1 N–H and O–H groups in total. The first-order chi connectivity index (χ1) is 7.00. The molecular formula is C13H20ClN. The van der Waals surface area contributed by atoms with Crippen LogP contribution in [0.2, 0.25) is 5.02 Å². The zero-order valence-corrected chi connectivity index (χ0v) is 10.7. The Morgan fingerprint density at radius 1 is 1.27 bits per heavy atom. The highest BCUT2D eigenvalue weighted by molar-refractivity contribution is 6.31. The summed E-state index contributed by atoms with van der Waals surface area (Å²) in [6.07, 6.45) is 0. The van der Waals surface area contributed by atoms with E-state index in [0.717, 1.165) is 17.1 Å². The fourth-order valence-electron chi connectivity index (χ4n) is 1.33. The summed E-state index contributed by atoms with van der Waals surface area (Å²) in [7, 11) is 0. The van der Waals surface area contributed by atoms with Gasteiger partial charge in [0, 0.05) is 17.6 Å². The third kappa shape index (κ3) is 3.84. The Kier molecular flexibility index (Phi) is 4.62. The van der Waals surface area contributed by atoms with Gasteiger partial charge in [-0.3, -0.25) is 0 Å². The molecule has 0 aliphatic heterocycles. The second-order valence-corrected chi connectivity index (χ2v) is 4.90. The zero-order chi connectivity index (χ0) is 11.4. The van der Waals surface area contributed by atoms with Crippen molar-refractivity contribution < 1.29 is 0 Å². The Balaban J connectivity index is 2.55. The molecule has 0 heterocycles. The van der Waals surface area contributed by atoms with Crippen molar-refractivity contribution >= 4 is 11.6 Å². The lowest BCUT2D eigenvalue weighted by Crippen LogP contribution is -2.30. The van der Waals surface area contributed by atoms with Crippen molar-refractivity contribution in [2.45, 2.75) is 40.3 Å². The molecule has 0 aromatic heterocycles. The van der Waals surface area contributed by atoms with Crippen LogP contribution in [0.5, 0.6) is 0 Å². The van der Waals surface area contributed by atoms with Crippen molar-refractivity contribution in [1.29, 1.82) is 0 Å². The Labute approximate surface area is 97.8 Å². The van der Waals surface area contributed by atoms with Gasteiger partial charge in [0.1, 0.15) is 0 Å². The normalized spacial score (nSPS) is 13.2. The molecule has 1 rings (SSSR count). The maximum atomic E-state index is 5.97. The Morgan fingerprint density at radius 3 is 2.47 bits per heavy atom. The summed E-state index contributed by atoms with van der Waals surface area (Å²) in [6.45, 7) is 9.62. The topological polar surface area (TPSA) is 12.0 Å². The number of halogens is 1. The lowest BCUT2D eigenvalue weighted by atomic mass is 10.1. The standard InChI is InChI=1S/C13H20ClN/c1-9(2)11(4)15-8-12-5-6-13(14)10(3)7-12/h5-7,9,11,15H,8H2,1-4H3. The van der Waals surface area contributed by atoms with Gasteiger partial charge in [-0.05, 0) is 37.0 Å². The highest BCUT2D eigenvalue weighted by Gasteiger charge is 2.06. The van der Waals surface area contributed by atoms with E-state index in [1.54, 1.807) is 0 Å². The maximum Gasteiger partial charge on any atom is 0.0435 e. The summed E-state index contributed by atoms with van der Waals surface area (Å²) in [4.78, 5) is 0. The third-order valence-corrected chi connectivity index (χ3v) is 3.27. The summed E-state index contributed by atoms with van der Waals surface area (Å²) in [5.74, 6) is 0.665. The van der Waals surface area contributed by atoms with Crippen molar-refractivity contribution in [3.8, 4) is 0 Å². The lowest BCUT2D eigenvalue weighted by molar-refractivity contribution is 0.426. The van der Waals surface area contributed by atoms with Crippen LogP contribution >= 0.6 is 11.6 Å². The van der Waals surface area contributed by atoms with Gasteiger partial charge in [-0.15, -0.1) is 0 Å². The quantitative estimate of drug-likeness (QED) is 0.823. The van der Waals surface area contributed by atoms with Crippen molar-refractivity contribution in [3.05, 3.63) is 34.3 Å². The molecule has 84 valence electrons. The summed E-state index contributed by atoms with van der Waals surface area (Å²) >= 11 is 5.97. The van der Waals surface area contributed by atoms with E-state index in [2.05, 4.69) is 38.2 Å². The summed E-state index contributed by atoms with van der Waals surface area (Å²) < 4.78 is 0. The maximum absolute atomic E-state index is 5.97. The molecule has 1 unspecified atom stereocenters. The van der Waals surface area contributed by atoms with E-state index in [-0.39, 0.29) is 0 Å². The molecule has 0 amide bonds. The van der Waals surface area contributed by atoms with Gasteiger partial charge in [-0.2, -0.15) is 0 Å². The SMILES string of the molecule is Cc1cc(CNC(C)C(C)C)ccc1Cl. The van der Waals surface area contributed by atoms with Gasteiger partial charge in [0.05, 0.1) is 0 Å². The first-order valence-corrected chi connectivity index (χ1v) is 5.87. The van der Waals surface area contributed by atoms with Crippen LogP contribution in [0.15, 0.2) is 18.2 Å². The molecule has 0 fully saturated rings. The van der Waals surface area contributed by atoms with E-state index >= 15 is 0 Å². The first kappa shape index (κ1) is 12.5. The van der Waals surface area contributed by atoms with Crippen molar-refractivity contribution in [1.82, 2.24) is 5.32 Å². The fraction of sp³-hybridized carbons (Fsp3) is 0.538. The average Bonchev–Trinajstić information content (AvgIpc) is 2.19.